The van der Waals surface area contributed by atoms with Gasteiger partial charge in [0.1, 0.15) is 29.7 Å². The third kappa shape index (κ3) is 7.47. The second-order valence-corrected chi connectivity index (χ2v) is 10.7. The lowest BCUT2D eigenvalue weighted by molar-refractivity contribution is 0.324. The van der Waals surface area contributed by atoms with Crippen molar-refractivity contribution in [1.29, 1.82) is 0 Å². The Morgan fingerprint density at radius 2 is 1.46 bits per heavy atom. The van der Waals surface area contributed by atoms with Gasteiger partial charge in [-0.05, 0) is 97.8 Å². The van der Waals surface area contributed by atoms with Crippen molar-refractivity contribution in [3.05, 3.63) is 114 Å². The Labute approximate surface area is 247 Å². The number of anilines is 1. The van der Waals surface area contributed by atoms with Crippen molar-refractivity contribution >= 4 is 17.3 Å². The van der Waals surface area contributed by atoms with E-state index >= 15 is 0 Å². The molecule has 0 bridgehead atoms. The molecule has 0 aliphatic rings. The Bertz CT molecular complexity index is 1520. The third-order valence-corrected chi connectivity index (χ3v) is 6.98. The zero-order valence-corrected chi connectivity index (χ0v) is 24.5. The van der Waals surface area contributed by atoms with Gasteiger partial charge in [-0.3, -0.25) is 4.98 Å². The molecule has 0 fully saturated rings. The van der Waals surface area contributed by atoms with Crippen LogP contribution in [0.2, 0.25) is 5.02 Å². The zero-order valence-electron chi connectivity index (χ0n) is 23.7. The number of aromatic nitrogens is 3. The fourth-order valence-corrected chi connectivity index (χ4v) is 4.75. The summed E-state index contributed by atoms with van der Waals surface area (Å²) in [6.45, 7) is 8.87. The molecule has 5 rings (SSSR count). The van der Waals surface area contributed by atoms with Gasteiger partial charge in [-0.15, -0.1) is 0 Å². The molecular formula is C34H35ClN4O2. The van der Waals surface area contributed by atoms with Gasteiger partial charge in [0.15, 0.2) is 0 Å². The number of ether oxygens (including phenoxy) is 2. The monoisotopic (exact) mass is 566 g/mol. The number of halogens is 1. The highest BCUT2D eigenvalue weighted by Gasteiger charge is 2.13. The van der Waals surface area contributed by atoms with Crippen LogP contribution in [0.25, 0.3) is 16.9 Å². The lowest BCUT2D eigenvalue weighted by atomic mass is 10.1. The van der Waals surface area contributed by atoms with E-state index in [1.54, 1.807) is 0 Å². The predicted octanol–water partition coefficient (Wildman–Crippen LogP) is 8.48. The van der Waals surface area contributed by atoms with Gasteiger partial charge in [-0.2, -0.15) is 0 Å². The number of hydrogen-bond donors (Lipinski definition) is 0. The first-order valence-corrected chi connectivity index (χ1v) is 14.4. The summed E-state index contributed by atoms with van der Waals surface area (Å²) in [5.41, 5.74) is 4.18. The molecule has 2 heterocycles. The number of benzene rings is 3. The molecule has 0 atom stereocenters. The van der Waals surface area contributed by atoms with Crippen LogP contribution in [-0.4, -0.2) is 34.2 Å². The topological polar surface area (TPSA) is 52.4 Å². The summed E-state index contributed by atoms with van der Waals surface area (Å²) >= 11 is 5.99. The van der Waals surface area contributed by atoms with Crippen LogP contribution in [0.4, 0.5) is 5.69 Å². The molecule has 3 aromatic carbocycles. The number of rotatable bonds is 12. The lowest BCUT2D eigenvalue weighted by Gasteiger charge is -2.22. The summed E-state index contributed by atoms with van der Waals surface area (Å²) in [6, 6.07) is 27.6. The molecule has 0 N–H and O–H groups in total. The Kier molecular flexibility index (Phi) is 9.22. The summed E-state index contributed by atoms with van der Waals surface area (Å²) in [4.78, 5) is 11.4. The maximum absolute atomic E-state index is 6.06. The molecule has 7 heteroatoms. The highest BCUT2D eigenvalue weighted by atomic mass is 35.5. The Morgan fingerprint density at radius 1 is 0.829 bits per heavy atom. The van der Waals surface area contributed by atoms with Gasteiger partial charge in [-0.1, -0.05) is 25.4 Å². The minimum atomic E-state index is 0.474. The zero-order chi connectivity index (χ0) is 28.6. The molecule has 210 valence electrons. The quantitative estimate of drug-likeness (QED) is 0.151. The van der Waals surface area contributed by atoms with E-state index in [0.29, 0.717) is 17.5 Å². The van der Waals surface area contributed by atoms with Crippen LogP contribution in [0.1, 0.15) is 26.6 Å². The molecule has 5 aromatic rings. The smallest absolute Gasteiger partial charge is 0.127 e. The van der Waals surface area contributed by atoms with Gasteiger partial charge in [0.2, 0.25) is 0 Å². The number of pyridine rings is 1. The molecule has 41 heavy (non-hydrogen) atoms. The molecular weight excluding hydrogens is 532 g/mol. The molecule has 0 amide bonds. The molecule has 0 radical (unpaired) electrons. The SMILES string of the molecule is CCN(CCOc1ccc(-c2cn(-c3ccc(Oc4ccc(Cl)cc4)cc3)c(CC(C)C)n2)cc1)c1ccncc1. The average molecular weight is 567 g/mol. The molecule has 0 unspecified atom stereocenters. The summed E-state index contributed by atoms with van der Waals surface area (Å²) in [6.07, 6.45) is 6.61. The molecule has 0 aliphatic heterocycles. The van der Waals surface area contributed by atoms with E-state index in [2.05, 4.69) is 65.7 Å². The van der Waals surface area contributed by atoms with E-state index in [1.807, 2.05) is 73.1 Å². The first-order chi connectivity index (χ1) is 20.0. The largest absolute Gasteiger partial charge is 0.492 e. The Hall–Kier alpha value is -4.29. The first kappa shape index (κ1) is 28.2. The summed E-state index contributed by atoms with van der Waals surface area (Å²) in [5, 5.41) is 0.684. The van der Waals surface area contributed by atoms with Gasteiger partial charge < -0.3 is 18.9 Å². The fourth-order valence-electron chi connectivity index (χ4n) is 4.62. The molecule has 0 spiro atoms. The van der Waals surface area contributed by atoms with Gasteiger partial charge in [0, 0.05) is 53.5 Å². The van der Waals surface area contributed by atoms with E-state index in [1.165, 1.54) is 0 Å². The summed E-state index contributed by atoms with van der Waals surface area (Å²) < 4.78 is 14.2. The van der Waals surface area contributed by atoms with Crippen LogP contribution in [0, 0.1) is 5.92 Å². The van der Waals surface area contributed by atoms with Crippen LogP contribution in [0.15, 0.2) is 104 Å². The Morgan fingerprint density at radius 3 is 2.10 bits per heavy atom. The number of likely N-dealkylation sites (N-methyl/N-ethyl adjacent to an activating group) is 1. The van der Waals surface area contributed by atoms with Crippen LogP contribution in [-0.2, 0) is 6.42 Å². The summed E-state index contributed by atoms with van der Waals surface area (Å²) in [5.74, 6) is 3.86. The summed E-state index contributed by atoms with van der Waals surface area (Å²) in [7, 11) is 0. The lowest BCUT2D eigenvalue weighted by Crippen LogP contribution is -2.27. The van der Waals surface area contributed by atoms with E-state index in [0.717, 1.165) is 65.2 Å². The molecule has 2 aromatic heterocycles. The third-order valence-electron chi connectivity index (χ3n) is 6.72. The fraction of sp³-hybridized carbons (Fsp3) is 0.235. The molecule has 0 saturated carbocycles. The van der Waals surface area contributed by atoms with Gasteiger partial charge in [0.05, 0.1) is 12.2 Å². The highest BCUT2D eigenvalue weighted by molar-refractivity contribution is 6.30. The van der Waals surface area contributed by atoms with Gasteiger partial charge in [-0.25, -0.2) is 4.98 Å². The van der Waals surface area contributed by atoms with E-state index in [-0.39, 0.29) is 0 Å². The predicted molar refractivity (Wildman–Crippen MR) is 167 cm³/mol. The van der Waals surface area contributed by atoms with Crippen LogP contribution in [0.5, 0.6) is 17.2 Å². The second kappa shape index (κ2) is 13.4. The highest BCUT2D eigenvalue weighted by Crippen LogP contribution is 2.28. The van der Waals surface area contributed by atoms with Crippen molar-refractivity contribution in [2.75, 3.05) is 24.6 Å². The van der Waals surface area contributed by atoms with Crippen molar-refractivity contribution in [2.45, 2.75) is 27.2 Å². The van der Waals surface area contributed by atoms with E-state index in [9.17, 15) is 0 Å². The van der Waals surface area contributed by atoms with Gasteiger partial charge in [0.25, 0.3) is 0 Å². The first-order valence-electron chi connectivity index (χ1n) is 14.0. The minimum absolute atomic E-state index is 0.474. The normalized spacial score (nSPS) is 11.0. The number of nitrogens with zero attached hydrogens (tertiary/aromatic N) is 4. The van der Waals surface area contributed by atoms with Crippen molar-refractivity contribution in [1.82, 2.24) is 14.5 Å². The van der Waals surface area contributed by atoms with Crippen LogP contribution < -0.4 is 14.4 Å². The standard InChI is InChI=1S/C34H35ClN4O2/c1-4-38(28-17-19-36-20-18-28)21-22-40-30-11-5-26(6-12-30)33-24-39(34(37-33)23-25(2)3)29-9-15-32(16-10-29)41-31-13-7-27(35)8-14-31/h5-20,24-25H,4,21-23H2,1-3H3. The van der Waals surface area contributed by atoms with Crippen LogP contribution in [0.3, 0.4) is 0 Å². The van der Waals surface area contributed by atoms with Crippen molar-refractivity contribution in [2.24, 2.45) is 5.92 Å². The van der Waals surface area contributed by atoms with E-state index < -0.39 is 0 Å². The molecule has 0 aliphatic carbocycles. The van der Waals surface area contributed by atoms with E-state index in [4.69, 9.17) is 26.1 Å². The molecule has 6 nitrogen and oxygen atoms in total. The van der Waals surface area contributed by atoms with Gasteiger partial charge >= 0.3 is 0 Å². The Balaban J connectivity index is 1.27. The number of imidazole rings is 1. The second-order valence-electron chi connectivity index (χ2n) is 10.2. The minimum Gasteiger partial charge on any atom is -0.492 e. The van der Waals surface area contributed by atoms with Crippen molar-refractivity contribution in [3.63, 3.8) is 0 Å². The van der Waals surface area contributed by atoms with Crippen LogP contribution >= 0.6 is 11.6 Å². The van der Waals surface area contributed by atoms with Crippen molar-refractivity contribution < 1.29 is 9.47 Å². The molecule has 0 saturated heterocycles. The van der Waals surface area contributed by atoms with Crippen molar-refractivity contribution in [3.8, 4) is 34.2 Å². The maximum Gasteiger partial charge on any atom is 0.127 e. The number of hydrogen-bond acceptors (Lipinski definition) is 5. The average Bonchev–Trinajstić information content (AvgIpc) is 3.40. The maximum atomic E-state index is 6.06.